The Bertz CT molecular complexity index is 404. The number of nitrogens with one attached hydrogen (secondary N) is 1. The molecule has 1 aromatic carbocycles. The molecule has 0 aromatic heterocycles. The first-order chi connectivity index (χ1) is 8.46. The van der Waals surface area contributed by atoms with E-state index in [0.29, 0.717) is 12.1 Å². The number of hydrogen-bond acceptors (Lipinski definition) is 2. The van der Waals surface area contributed by atoms with Crippen LogP contribution in [0.5, 0.6) is 0 Å². The van der Waals surface area contributed by atoms with E-state index in [-0.39, 0.29) is 11.4 Å². The standard InChI is InChI=1S/C15H22N2O/c1-5-6-12-16-17(15(2,3)4)14(18)13-10-8-7-9-11-13/h5-11,16H,12H2,1-4H3/b6-5-. The van der Waals surface area contributed by atoms with Gasteiger partial charge in [-0.15, -0.1) is 0 Å². The first-order valence-electron chi connectivity index (χ1n) is 6.21. The summed E-state index contributed by atoms with van der Waals surface area (Å²) < 4.78 is 0. The van der Waals surface area contributed by atoms with E-state index in [4.69, 9.17) is 0 Å². The summed E-state index contributed by atoms with van der Waals surface area (Å²) >= 11 is 0. The molecule has 1 aromatic rings. The fraction of sp³-hybridized carbons (Fsp3) is 0.400. The third-order valence-corrected chi connectivity index (χ3v) is 2.50. The molecule has 98 valence electrons. The minimum atomic E-state index is -0.269. The second-order valence-electron chi connectivity index (χ2n) is 5.11. The normalized spacial score (nSPS) is 11.8. The Kier molecular flexibility index (Phi) is 5.10. The van der Waals surface area contributed by atoms with Crippen molar-refractivity contribution in [1.29, 1.82) is 0 Å². The van der Waals surface area contributed by atoms with Gasteiger partial charge < -0.3 is 0 Å². The van der Waals surface area contributed by atoms with E-state index in [2.05, 4.69) is 5.43 Å². The van der Waals surface area contributed by atoms with Crippen molar-refractivity contribution >= 4 is 5.91 Å². The highest BCUT2D eigenvalue weighted by atomic mass is 16.2. The number of carbonyl (C=O) groups excluding carboxylic acids is 1. The van der Waals surface area contributed by atoms with Crippen molar-refractivity contribution in [1.82, 2.24) is 10.4 Å². The van der Waals surface area contributed by atoms with E-state index < -0.39 is 0 Å². The molecule has 0 bridgehead atoms. The Balaban J connectivity index is 2.87. The van der Waals surface area contributed by atoms with Gasteiger partial charge in [0.15, 0.2) is 0 Å². The highest BCUT2D eigenvalue weighted by Gasteiger charge is 2.26. The molecule has 0 atom stereocenters. The van der Waals surface area contributed by atoms with Crippen molar-refractivity contribution in [2.24, 2.45) is 0 Å². The van der Waals surface area contributed by atoms with Crippen LogP contribution in [0.1, 0.15) is 38.1 Å². The summed E-state index contributed by atoms with van der Waals surface area (Å²) in [4.78, 5) is 12.4. The molecule has 0 heterocycles. The van der Waals surface area contributed by atoms with Crippen LogP contribution in [0.3, 0.4) is 0 Å². The van der Waals surface area contributed by atoms with Crippen LogP contribution in [0.4, 0.5) is 0 Å². The van der Waals surface area contributed by atoms with E-state index in [1.807, 2.05) is 70.2 Å². The zero-order valence-corrected chi connectivity index (χ0v) is 11.6. The third kappa shape index (κ3) is 4.00. The van der Waals surface area contributed by atoms with Crippen LogP contribution in [0.2, 0.25) is 0 Å². The van der Waals surface area contributed by atoms with Crippen LogP contribution >= 0.6 is 0 Å². The van der Waals surface area contributed by atoms with Gasteiger partial charge in [-0.1, -0.05) is 30.4 Å². The van der Waals surface area contributed by atoms with Crippen LogP contribution in [0, 0.1) is 0 Å². The molecule has 0 aliphatic rings. The first-order valence-corrected chi connectivity index (χ1v) is 6.21. The number of allylic oxidation sites excluding steroid dienone is 1. The third-order valence-electron chi connectivity index (χ3n) is 2.50. The van der Waals surface area contributed by atoms with E-state index >= 15 is 0 Å². The van der Waals surface area contributed by atoms with Crippen molar-refractivity contribution in [3.05, 3.63) is 48.0 Å². The second kappa shape index (κ2) is 6.36. The van der Waals surface area contributed by atoms with Crippen molar-refractivity contribution in [3.63, 3.8) is 0 Å². The largest absolute Gasteiger partial charge is 0.268 e. The summed E-state index contributed by atoms with van der Waals surface area (Å²) in [6.45, 7) is 8.64. The summed E-state index contributed by atoms with van der Waals surface area (Å²) in [6.07, 6.45) is 3.94. The highest BCUT2D eigenvalue weighted by Crippen LogP contribution is 2.14. The lowest BCUT2D eigenvalue weighted by molar-refractivity contribution is 0.0420. The maximum atomic E-state index is 12.4. The van der Waals surface area contributed by atoms with Crippen molar-refractivity contribution in [2.45, 2.75) is 33.2 Å². The van der Waals surface area contributed by atoms with Crippen molar-refractivity contribution in [2.75, 3.05) is 6.54 Å². The fourth-order valence-corrected chi connectivity index (χ4v) is 1.59. The molecule has 18 heavy (non-hydrogen) atoms. The second-order valence-corrected chi connectivity index (χ2v) is 5.11. The van der Waals surface area contributed by atoms with Gasteiger partial charge in [0.1, 0.15) is 0 Å². The Hall–Kier alpha value is -1.61. The van der Waals surface area contributed by atoms with Crippen LogP contribution in [-0.4, -0.2) is 23.0 Å². The zero-order chi connectivity index (χ0) is 13.6. The minimum Gasteiger partial charge on any atom is -0.268 e. The van der Waals surface area contributed by atoms with Gasteiger partial charge in [-0.2, -0.15) is 0 Å². The molecule has 3 heteroatoms. The zero-order valence-electron chi connectivity index (χ0n) is 11.6. The van der Waals surface area contributed by atoms with Gasteiger partial charge in [0.25, 0.3) is 5.91 Å². The summed E-state index contributed by atoms with van der Waals surface area (Å²) in [7, 11) is 0. The minimum absolute atomic E-state index is 0.00685. The molecule has 1 amide bonds. The lowest BCUT2D eigenvalue weighted by atomic mass is 10.1. The SMILES string of the molecule is C/C=C\CNN(C(=O)c1ccccc1)C(C)(C)C. The summed E-state index contributed by atoms with van der Waals surface area (Å²) in [6, 6.07) is 9.32. The van der Waals surface area contributed by atoms with Gasteiger partial charge in [-0.05, 0) is 39.8 Å². The molecule has 0 aliphatic heterocycles. The molecular weight excluding hydrogens is 224 g/mol. The predicted octanol–water partition coefficient (Wildman–Crippen LogP) is 3.01. The molecule has 0 saturated heterocycles. The van der Waals surface area contributed by atoms with E-state index in [1.165, 1.54) is 0 Å². The van der Waals surface area contributed by atoms with Crippen LogP contribution in [0.15, 0.2) is 42.5 Å². The molecule has 0 radical (unpaired) electrons. The van der Waals surface area contributed by atoms with Crippen LogP contribution in [0.25, 0.3) is 0 Å². The lowest BCUT2D eigenvalue weighted by Crippen LogP contribution is -2.53. The summed E-state index contributed by atoms with van der Waals surface area (Å²) in [5.74, 6) is -0.00685. The smallest absolute Gasteiger partial charge is 0.268 e. The molecule has 0 saturated carbocycles. The van der Waals surface area contributed by atoms with Crippen LogP contribution in [-0.2, 0) is 0 Å². The number of carbonyl (C=O) groups is 1. The van der Waals surface area contributed by atoms with Crippen molar-refractivity contribution < 1.29 is 4.79 Å². The van der Waals surface area contributed by atoms with Gasteiger partial charge in [-0.25, -0.2) is 5.43 Å². The van der Waals surface area contributed by atoms with Gasteiger partial charge in [0.05, 0.1) is 5.54 Å². The number of hydrogen-bond donors (Lipinski definition) is 1. The van der Waals surface area contributed by atoms with E-state index in [9.17, 15) is 4.79 Å². The number of rotatable bonds is 4. The van der Waals surface area contributed by atoms with Gasteiger partial charge in [0.2, 0.25) is 0 Å². The topological polar surface area (TPSA) is 32.3 Å². The molecule has 0 spiro atoms. The summed E-state index contributed by atoms with van der Waals surface area (Å²) in [5, 5.41) is 1.68. The number of benzene rings is 1. The lowest BCUT2D eigenvalue weighted by Gasteiger charge is -2.35. The first kappa shape index (κ1) is 14.5. The molecule has 0 fully saturated rings. The maximum absolute atomic E-state index is 12.4. The highest BCUT2D eigenvalue weighted by molar-refractivity contribution is 5.94. The van der Waals surface area contributed by atoms with E-state index in [1.54, 1.807) is 5.01 Å². The Labute approximate surface area is 109 Å². The van der Waals surface area contributed by atoms with E-state index in [0.717, 1.165) is 0 Å². The molecule has 0 aliphatic carbocycles. The van der Waals surface area contributed by atoms with Gasteiger partial charge in [-0.3, -0.25) is 9.80 Å². The molecule has 0 unspecified atom stereocenters. The van der Waals surface area contributed by atoms with Crippen LogP contribution < -0.4 is 5.43 Å². The average Bonchev–Trinajstić information content (AvgIpc) is 2.33. The molecule has 3 nitrogen and oxygen atoms in total. The average molecular weight is 246 g/mol. The predicted molar refractivity (Wildman–Crippen MR) is 75.2 cm³/mol. The van der Waals surface area contributed by atoms with Gasteiger partial charge >= 0.3 is 0 Å². The maximum Gasteiger partial charge on any atom is 0.268 e. The number of hydrazine groups is 1. The van der Waals surface area contributed by atoms with Gasteiger partial charge in [0, 0.05) is 12.1 Å². The number of nitrogens with zero attached hydrogens (tertiary/aromatic N) is 1. The molecular formula is C15H22N2O. The molecule has 1 N–H and O–H groups in total. The number of amides is 1. The Morgan fingerprint density at radius 2 is 1.89 bits per heavy atom. The fourth-order valence-electron chi connectivity index (χ4n) is 1.59. The molecule has 1 rings (SSSR count). The quantitative estimate of drug-likeness (QED) is 0.654. The Morgan fingerprint density at radius 3 is 2.39 bits per heavy atom. The monoisotopic (exact) mass is 246 g/mol. The van der Waals surface area contributed by atoms with Crippen molar-refractivity contribution in [3.8, 4) is 0 Å². The summed E-state index contributed by atoms with van der Waals surface area (Å²) in [5.41, 5.74) is 3.58. The Morgan fingerprint density at radius 1 is 1.28 bits per heavy atom.